The smallest absolute Gasteiger partial charge is 0.275 e. The molecule has 220 valence electrons. The Kier molecular flexibility index (Phi) is 10.5. The summed E-state index contributed by atoms with van der Waals surface area (Å²) in [6.07, 6.45) is 5.75. The summed E-state index contributed by atoms with van der Waals surface area (Å²) in [6.45, 7) is 16.3. The van der Waals surface area contributed by atoms with Crippen LogP contribution in [0.25, 0.3) is 5.52 Å². The lowest BCUT2D eigenvalue weighted by Crippen LogP contribution is -2.46. The Balaban J connectivity index is 0.000000691. The Morgan fingerprint density at radius 1 is 1.05 bits per heavy atom. The maximum Gasteiger partial charge on any atom is 0.275 e. The van der Waals surface area contributed by atoms with Crippen molar-refractivity contribution >= 4 is 17.1 Å². The van der Waals surface area contributed by atoms with Gasteiger partial charge in [-0.2, -0.15) is 9.49 Å². The summed E-state index contributed by atoms with van der Waals surface area (Å²) >= 11 is 0. The molecule has 0 atom stereocenters. The molecule has 40 heavy (non-hydrogen) atoms. The zero-order valence-electron chi connectivity index (χ0n) is 25.3. The molecule has 1 amide bonds. The van der Waals surface area contributed by atoms with Crippen molar-refractivity contribution in [1.29, 1.82) is 0 Å². The number of pyridine rings is 1. The first-order valence-corrected chi connectivity index (χ1v) is 14.9. The summed E-state index contributed by atoms with van der Waals surface area (Å²) in [6, 6.07) is 6.07. The van der Waals surface area contributed by atoms with E-state index in [9.17, 15) is 14.0 Å². The minimum Gasteiger partial charge on any atom is -0.368 e. The predicted molar refractivity (Wildman–Crippen MR) is 159 cm³/mol. The second-order valence-corrected chi connectivity index (χ2v) is 9.91. The van der Waals surface area contributed by atoms with Gasteiger partial charge in [0.15, 0.2) is 0 Å². The van der Waals surface area contributed by atoms with E-state index in [0.29, 0.717) is 23.3 Å². The van der Waals surface area contributed by atoms with Crippen LogP contribution in [0, 0.1) is 12.9 Å². The number of aromatic amines is 1. The lowest BCUT2D eigenvalue weighted by atomic mass is 9.69. The lowest BCUT2D eigenvalue weighted by Gasteiger charge is -2.40. The number of rotatable bonds is 4. The Bertz CT molecular complexity index is 1340. The fraction of sp³-hybridized carbons (Fsp3) is 0.600. The molecule has 7 rings (SSSR count). The van der Waals surface area contributed by atoms with E-state index in [-0.39, 0.29) is 16.7 Å². The fourth-order valence-corrected chi connectivity index (χ4v) is 6.16. The van der Waals surface area contributed by atoms with Crippen LogP contribution >= 0.6 is 0 Å². The first-order valence-electron chi connectivity index (χ1n) is 14.9. The number of hydrogen-bond donors (Lipinski definition) is 2. The third kappa shape index (κ3) is 5.64. The van der Waals surface area contributed by atoms with Gasteiger partial charge in [0.2, 0.25) is 5.95 Å². The van der Waals surface area contributed by atoms with Crippen molar-refractivity contribution in [2.45, 2.75) is 91.6 Å². The van der Waals surface area contributed by atoms with E-state index < -0.39 is 11.9 Å². The van der Waals surface area contributed by atoms with Crippen LogP contribution in [0.4, 0.5) is 10.1 Å². The summed E-state index contributed by atoms with van der Waals surface area (Å²) in [5, 5.41) is 7.23. The zero-order chi connectivity index (χ0) is 29.6. The standard InChI is InChI=1S/C24H28FN7O2.3C2H6/c1-14-5-10-32-19(14)22(34)28-23(29-32)24-11-16(12-24)31(13-24)15-6-8-30(9-7-15)18-4-3-17(21(33)26-2)27-20(18)25;3*1-2/h3-5,10,15-16H,6-9,11-13H2,1-2H3,(H,26,33)(H,28,29,34);3*1-2H3. The van der Waals surface area contributed by atoms with Crippen LogP contribution in [0.3, 0.4) is 0 Å². The predicted octanol–water partition coefficient (Wildman–Crippen LogP) is 4.69. The number of H-pyrrole nitrogens is 1. The Morgan fingerprint density at radius 2 is 1.70 bits per heavy atom. The number of nitrogens with zero attached hydrogens (tertiary/aromatic N) is 5. The first kappa shape index (κ1) is 31.3. The molecule has 1 saturated carbocycles. The summed E-state index contributed by atoms with van der Waals surface area (Å²) in [4.78, 5) is 35.9. The summed E-state index contributed by atoms with van der Waals surface area (Å²) in [5.74, 6) is -0.207. The maximum absolute atomic E-state index is 14.6. The molecular weight excluding hydrogens is 509 g/mol. The number of halogens is 1. The molecule has 3 aromatic rings. The number of carbonyl (C=O) groups is 1. The molecule has 3 saturated heterocycles. The number of nitrogens with one attached hydrogen (secondary N) is 2. The molecule has 2 N–H and O–H groups in total. The van der Waals surface area contributed by atoms with Gasteiger partial charge in [-0.25, -0.2) is 9.50 Å². The number of hydrogen-bond acceptors (Lipinski definition) is 6. The summed E-state index contributed by atoms with van der Waals surface area (Å²) < 4.78 is 16.3. The lowest BCUT2D eigenvalue weighted by molar-refractivity contribution is 0.0957. The van der Waals surface area contributed by atoms with Gasteiger partial charge in [-0.15, -0.1) is 0 Å². The molecule has 2 bridgehead atoms. The van der Waals surface area contributed by atoms with Gasteiger partial charge in [0.05, 0.1) is 5.69 Å². The van der Waals surface area contributed by atoms with Crippen LogP contribution in [0.15, 0.2) is 29.2 Å². The third-order valence-corrected chi connectivity index (χ3v) is 8.00. The van der Waals surface area contributed by atoms with Gasteiger partial charge >= 0.3 is 0 Å². The zero-order valence-corrected chi connectivity index (χ0v) is 25.3. The number of anilines is 1. The summed E-state index contributed by atoms with van der Waals surface area (Å²) in [7, 11) is 1.50. The van der Waals surface area contributed by atoms with Crippen LogP contribution in [0.1, 0.15) is 89.1 Å². The third-order valence-electron chi connectivity index (χ3n) is 8.00. The van der Waals surface area contributed by atoms with Crippen molar-refractivity contribution < 1.29 is 9.18 Å². The molecule has 4 fully saturated rings. The van der Waals surface area contributed by atoms with Gasteiger partial charge in [0.25, 0.3) is 11.5 Å². The molecule has 0 spiro atoms. The highest BCUT2D eigenvalue weighted by Crippen LogP contribution is 2.53. The minimum atomic E-state index is -0.604. The van der Waals surface area contributed by atoms with Crippen LogP contribution in [0.2, 0.25) is 0 Å². The monoisotopic (exact) mass is 555 g/mol. The van der Waals surface area contributed by atoms with Crippen molar-refractivity contribution in [3.05, 3.63) is 57.8 Å². The van der Waals surface area contributed by atoms with Crippen LogP contribution in [-0.2, 0) is 5.41 Å². The van der Waals surface area contributed by atoms with E-state index in [0.717, 1.165) is 56.7 Å². The molecule has 3 aliphatic heterocycles. The van der Waals surface area contributed by atoms with E-state index >= 15 is 0 Å². The van der Waals surface area contributed by atoms with Gasteiger partial charge in [0, 0.05) is 50.4 Å². The van der Waals surface area contributed by atoms with Crippen LogP contribution in [-0.4, -0.2) is 69.2 Å². The highest BCUT2D eigenvalue weighted by Gasteiger charge is 2.59. The quantitative estimate of drug-likeness (QED) is 0.454. The van der Waals surface area contributed by atoms with Crippen molar-refractivity contribution in [2.75, 3.05) is 31.6 Å². The molecule has 0 aromatic carbocycles. The second kappa shape index (κ2) is 13.4. The van der Waals surface area contributed by atoms with Crippen molar-refractivity contribution in [2.24, 2.45) is 0 Å². The number of amides is 1. The van der Waals surface area contributed by atoms with E-state index in [2.05, 4.69) is 20.2 Å². The highest BCUT2D eigenvalue weighted by molar-refractivity contribution is 5.92. The molecule has 0 radical (unpaired) electrons. The summed E-state index contributed by atoms with van der Waals surface area (Å²) in [5.41, 5.74) is 1.92. The SMILES string of the molecule is CC.CC.CC.CNC(=O)c1ccc(N2CCC(N3CC4(c5nn6ccc(C)c6c(=O)[nH]5)CC3C4)CC2)c(F)n1. The Hall–Kier alpha value is -3.27. The Labute approximate surface area is 237 Å². The molecule has 6 heterocycles. The van der Waals surface area contributed by atoms with Crippen LogP contribution < -0.4 is 15.8 Å². The highest BCUT2D eigenvalue weighted by atomic mass is 19.1. The van der Waals surface area contributed by atoms with Crippen molar-refractivity contribution in [3.8, 4) is 0 Å². The number of aryl methyl sites for hydroxylation is 1. The largest absolute Gasteiger partial charge is 0.368 e. The molecule has 10 heteroatoms. The van der Waals surface area contributed by atoms with Gasteiger partial charge in [-0.05, 0) is 56.4 Å². The number of aromatic nitrogens is 4. The molecular formula is C30H46FN7O2. The fourth-order valence-electron chi connectivity index (χ4n) is 6.16. The average Bonchev–Trinajstić information content (AvgIpc) is 3.68. The van der Waals surface area contributed by atoms with E-state index in [1.807, 2.05) is 65.6 Å². The van der Waals surface area contributed by atoms with E-state index in [4.69, 9.17) is 5.10 Å². The Morgan fingerprint density at radius 3 is 2.30 bits per heavy atom. The molecule has 9 nitrogen and oxygen atoms in total. The van der Waals surface area contributed by atoms with Gasteiger partial charge in [-0.1, -0.05) is 41.5 Å². The second-order valence-electron chi connectivity index (χ2n) is 9.91. The molecule has 4 aliphatic rings. The maximum atomic E-state index is 14.6. The first-order chi connectivity index (χ1) is 19.4. The van der Waals surface area contributed by atoms with Crippen molar-refractivity contribution in [3.63, 3.8) is 0 Å². The average molecular weight is 556 g/mol. The topological polar surface area (TPSA) is 98.6 Å². The number of piperidine rings is 1. The van der Waals surface area contributed by atoms with Crippen LogP contribution in [0.5, 0.6) is 0 Å². The van der Waals surface area contributed by atoms with E-state index in [1.54, 1.807) is 16.6 Å². The number of fused-ring (bicyclic) bond motifs is 2. The van der Waals surface area contributed by atoms with Gasteiger partial charge in [-0.3, -0.25) is 14.5 Å². The molecule has 0 unspecified atom stereocenters. The van der Waals surface area contributed by atoms with E-state index in [1.165, 1.54) is 7.05 Å². The van der Waals surface area contributed by atoms with Gasteiger partial charge < -0.3 is 15.2 Å². The normalized spacial score (nSPS) is 21.7. The molecule has 1 aliphatic carbocycles. The van der Waals surface area contributed by atoms with Gasteiger partial charge in [0.1, 0.15) is 17.0 Å². The van der Waals surface area contributed by atoms with Crippen molar-refractivity contribution in [1.82, 2.24) is 29.8 Å². The minimum absolute atomic E-state index is 0.0739. The molecule has 3 aromatic heterocycles. The number of carbonyl (C=O) groups excluding carboxylic acids is 1.